The van der Waals surface area contributed by atoms with Gasteiger partial charge in [0.2, 0.25) is 0 Å². The van der Waals surface area contributed by atoms with Crippen molar-refractivity contribution in [3.8, 4) is 0 Å². The number of hydrogen-bond donors (Lipinski definition) is 1. The topological polar surface area (TPSA) is 12.0 Å². The first kappa shape index (κ1) is 12.2. The summed E-state index contributed by atoms with van der Waals surface area (Å²) in [6.45, 7) is 3.35. The largest absolute Gasteiger partial charge is 0.310 e. The second-order valence-corrected chi connectivity index (χ2v) is 6.18. The molecule has 1 unspecified atom stereocenters. The fraction of sp³-hybridized carbons (Fsp3) is 0.647. The van der Waals surface area contributed by atoms with E-state index in [9.17, 15) is 0 Å². The summed E-state index contributed by atoms with van der Waals surface area (Å²) in [6.07, 6.45) is 8.38. The molecule has 1 nitrogen and oxygen atoms in total. The highest BCUT2D eigenvalue weighted by Crippen LogP contribution is 2.40. The van der Waals surface area contributed by atoms with E-state index in [0.717, 1.165) is 24.4 Å². The van der Waals surface area contributed by atoms with E-state index in [2.05, 4.69) is 36.5 Å². The summed E-state index contributed by atoms with van der Waals surface area (Å²) in [6, 6.07) is 9.92. The molecule has 0 spiro atoms. The van der Waals surface area contributed by atoms with E-state index >= 15 is 0 Å². The molecule has 2 aliphatic carbocycles. The van der Waals surface area contributed by atoms with E-state index in [1.807, 2.05) is 0 Å². The zero-order valence-corrected chi connectivity index (χ0v) is 11.5. The van der Waals surface area contributed by atoms with Gasteiger partial charge < -0.3 is 5.32 Å². The minimum Gasteiger partial charge on any atom is -0.310 e. The lowest BCUT2D eigenvalue weighted by atomic mass is 10.1. The molecule has 98 valence electrons. The Kier molecular flexibility index (Phi) is 3.69. The summed E-state index contributed by atoms with van der Waals surface area (Å²) in [4.78, 5) is 0. The third-order valence-corrected chi connectivity index (χ3v) is 4.40. The Labute approximate surface area is 111 Å². The van der Waals surface area contributed by atoms with Gasteiger partial charge in [0.1, 0.15) is 0 Å². The predicted molar refractivity (Wildman–Crippen MR) is 76.7 cm³/mol. The van der Waals surface area contributed by atoms with Gasteiger partial charge in [-0.05, 0) is 48.6 Å². The van der Waals surface area contributed by atoms with Crippen LogP contribution in [0.2, 0.25) is 0 Å². The predicted octanol–water partition coefficient (Wildman–Crippen LogP) is 4.23. The Bertz CT molecular complexity index is 390. The van der Waals surface area contributed by atoms with Crippen molar-refractivity contribution in [3.63, 3.8) is 0 Å². The van der Waals surface area contributed by atoms with E-state index in [-0.39, 0.29) is 0 Å². The van der Waals surface area contributed by atoms with Crippen LogP contribution in [0, 0.1) is 5.92 Å². The molecule has 1 aromatic rings. The van der Waals surface area contributed by atoms with Crippen molar-refractivity contribution in [2.75, 3.05) is 0 Å². The van der Waals surface area contributed by atoms with Crippen LogP contribution in [-0.2, 0) is 6.54 Å². The molecule has 1 atom stereocenters. The Morgan fingerprint density at radius 1 is 1.22 bits per heavy atom. The van der Waals surface area contributed by atoms with Gasteiger partial charge in [0, 0.05) is 12.6 Å². The molecule has 0 radical (unpaired) electrons. The number of hydrogen-bond acceptors (Lipinski definition) is 1. The first-order chi connectivity index (χ1) is 8.85. The Hall–Kier alpha value is -0.820. The molecular weight excluding hydrogens is 218 g/mol. The van der Waals surface area contributed by atoms with Crippen LogP contribution >= 0.6 is 0 Å². The number of nitrogens with one attached hydrogen (secondary N) is 1. The Balaban J connectivity index is 1.52. The SMILES string of the molecule is CCC(CC1CC1)NCc1cccc(C2CC2)c1. The van der Waals surface area contributed by atoms with E-state index in [1.54, 1.807) is 5.56 Å². The zero-order valence-electron chi connectivity index (χ0n) is 11.5. The van der Waals surface area contributed by atoms with Gasteiger partial charge in [-0.2, -0.15) is 0 Å². The van der Waals surface area contributed by atoms with E-state index in [1.165, 1.54) is 44.1 Å². The molecule has 2 saturated carbocycles. The lowest BCUT2D eigenvalue weighted by Gasteiger charge is -2.17. The molecule has 18 heavy (non-hydrogen) atoms. The van der Waals surface area contributed by atoms with Crippen LogP contribution in [0.5, 0.6) is 0 Å². The summed E-state index contributed by atoms with van der Waals surface area (Å²) in [7, 11) is 0. The molecule has 2 fully saturated rings. The van der Waals surface area contributed by atoms with Crippen LogP contribution in [-0.4, -0.2) is 6.04 Å². The summed E-state index contributed by atoms with van der Waals surface area (Å²) in [5, 5.41) is 3.74. The van der Waals surface area contributed by atoms with Crippen LogP contribution in [0.25, 0.3) is 0 Å². The third-order valence-electron chi connectivity index (χ3n) is 4.40. The second-order valence-electron chi connectivity index (χ2n) is 6.18. The molecule has 1 heteroatoms. The highest BCUT2D eigenvalue weighted by atomic mass is 14.9. The van der Waals surface area contributed by atoms with Crippen molar-refractivity contribution >= 4 is 0 Å². The van der Waals surface area contributed by atoms with Gasteiger partial charge in [0.15, 0.2) is 0 Å². The summed E-state index contributed by atoms with van der Waals surface area (Å²) in [5.41, 5.74) is 3.03. The average Bonchev–Trinajstić information content (AvgIpc) is 3.29. The molecule has 3 rings (SSSR count). The summed E-state index contributed by atoms with van der Waals surface area (Å²) in [5.74, 6) is 1.90. The maximum Gasteiger partial charge on any atom is 0.0208 e. The van der Waals surface area contributed by atoms with Crippen LogP contribution in [0.15, 0.2) is 24.3 Å². The Morgan fingerprint density at radius 3 is 2.72 bits per heavy atom. The fourth-order valence-electron chi connectivity index (χ4n) is 2.79. The van der Waals surface area contributed by atoms with Crippen molar-refractivity contribution in [2.24, 2.45) is 5.92 Å². The molecule has 0 aliphatic heterocycles. The lowest BCUT2D eigenvalue weighted by Crippen LogP contribution is -2.28. The maximum absolute atomic E-state index is 3.74. The van der Waals surface area contributed by atoms with Gasteiger partial charge in [-0.25, -0.2) is 0 Å². The minimum atomic E-state index is 0.724. The Morgan fingerprint density at radius 2 is 2.06 bits per heavy atom. The molecule has 0 amide bonds. The molecular formula is C17H25N. The second kappa shape index (κ2) is 5.44. The fourth-order valence-corrected chi connectivity index (χ4v) is 2.79. The van der Waals surface area contributed by atoms with Gasteiger partial charge in [-0.1, -0.05) is 44.0 Å². The minimum absolute atomic E-state index is 0.724. The van der Waals surface area contributed by atoms with Gasteiger partial charge in [0.05, 0.1) is 0 Å². The molecule has 1 N–H and O–H groups in total. The van der Waals surface area contributed by atoms with Crippen LogP contribution in [0.4, 0.5) is 0 Å². The third kappa shape index (κ3) is 3.35. The van der Waals surface area contributed by atoms with Crippen molar-refractivity contribution in [3.05, 3.63) is 35.4 Å². The van der Waals surface area contributed by atoms with Crippen LogP contribution < -0.4 is 5.32 Å². The summed E-state index contributed by atoms with van der Waals surface area (Å²) >= 11 is 0. The van der Waals surface area contributed by atoms with Gasteiger partial charge in [0.25, 0.3) is 0 Å². The average molecular weight is 243 g/mol. The number of benzene rings is 1. The van der Waals surface area contributed by atoms with Crippen molar-refractivity contribution < 1.29 is 0 Å². The summed E-state index contributed by atoms with van der Waals surface area (Å²) < 4.78 is 0. The van der Waals surface area contributed by atoms with Gasteiger partial charge in [-0.15, -0.1) is 0 Å². The smallest absolute Gasteiger partial charge is 0.0208 e. The van der Waals surface area contributed by atoms with Crippen LogP contribution in [0.3, 0.4) is 0 Å². The lowest BCUT2D eigenvalue weighted by molar-refractivity contribution is 0.445. The normalized spacial score (nSPS) is 20.9. The van der Waals surface area contributed by atoms with E-state index in [4.69, 9.17) is 0 Å². The zero-order chi connectivity index (χ0) is 12.4. The molecule has 2 aliphatic rings. The highest BCUT2D eigenvalue weighted by Gasteiger charge is 2.25. The van der Waals surface area contributed by atoms with E-state index < -0.39 is 0 Å². The van der Waals surface area contributed by atoms with Crippen LogP contribution in [0.1, 0.15) is 62.5 Å². The maximum atomic E-state index is 3.74. The first-order valence-electron chi connectivity index (χ1n) is 7.67. The standard InChI is InChI=1S/C17H25N/c1-2-17(11-13-6-7-13)18-12-14-4-3-5-16(10-14)15-8-9-15/h3-5,10,13,15,17-18H,2,6-9,11-12H2,1H3. The highest BCUT2D eigenvalue weighted by molar-refractivity contribution is 5.29. The molecule has 0 heterocycles. The quantitative estimate of drug-likeness (QED) is 0.755. The van der Waals surface area contributed by atoms with Crippen molar-refractivity contribution in [1.82, 2.24) is 5.32 Å². The monoisotopic (exact) mass is 243 g/mol. The number of rotatable bonds is 7. The van der Waals surface area contributed by atoms with Gasteiger partial charge in [-0.3, -0.25) is 0 Å². The first-order valence-corrected chi connectivity index (χ1v) is 7.67. The molecule has 0 bridgehead atoms. The van der Waals surface area contributed by atoms with E-state index in [0.29, 0.717) is 0 Å². The van der Waals surface area contributed by atoms with Gasteiger partial charge >= 0.3 is 0 Å². The molecule has 1 aromatic carbocycles. The van der Waals surface area contributed by atoms with Crippen molar-refractivity contribution in [2.45, 2.75) is 64.0 Å². The molecule has 0 saturated heterocycles. The molecule has 0 aromatic heterocycles. The van der Waals surface area contributed by atoms with Crippen molar-refractivity contribution in [1.29, 1.82) is 0 Å².